The number of para-hydroxylation sites is 1. The third-order valence-corrected chi connectivity index (χ3v) is 2.33. The zero-order valence-corrected chi connectivity index (χ0v) is 8.34. The maximum Gasteiger partial charge on any atom is 0.337 e. The molecule has 0 saturated heterocycles. The average Bonchev–Trinajstić information content (AvgIpc) is 2.70. The highest BCUT2D eigenvalue weighted by Crippen LogP contribution is 2.19. The van der Waals surface area contributed by atoms with E-state index in [1.54, 1.807) is 12.1 Å². The third-order valence-electron chi connectivity index (χ3n) is 2.33. The quantitative estimate of drug-likeness (QED) is 0.811. The summed E-state index contributed by atoms with van der Waals surface area (Å²) in [5.74, 6) is -0.901. The standard InChI is InChI=1S/C12H11NO2/c1-9-5-4-6-10(12(14)15)11(9)13-7-2-3-8-13/h2-8H,1H3,(H,14,15). The fourth-order valence-electron chi connectivity index (χ4n) is 1.66. The molecule has 2 rings (SSSR count). The first-order chi connectivity index (χ1) is 7.20. The molecule has 76 valence electrons. The Kier molecular flexibility index (Phi) is 2.29. The summed E-state index contributed by atoms with van der Waals surface area (Å²) in [5, 5.41) is 9.08. The fraction of sp³-hybridized carbons (Fsp3) is 0.0833. The van der Waals surface area contributed by atoms with Crippen molar-refractivity contribution in [3.8, 4) is 5.69 Å². The zero-order chi connectivity index (χ0) is 10.8. The van der Waals surface area contributed by atoms with Gasteiger partial charge in [-0.15, -0.1) is 0 Å². The maximum atomic E-state index is 11.1. The van der Waals surface area contributed by atoms with Crippen LogP contribution in [0.2, 0.25) is 0 Å². The number of rotatable bonds is 2. The van der Waals surface area contributed by atoms with E-state index in [1.165, 1.54) is 0 Å². The second kappa shape index (κ2) is 3.61. The summed E-state index contributed by atoms with van der Waals surface area (Å²) in [7, 11) is 0. The topological polar surface area (TPSA) is 42.2 Å². The van der Waals surface area contributed by atoms with E-state index >= 15 is 0 Å². The Morgan fingerprint density at radius 2 is 1.87 bits per heavy atom. The van der Waals surface area contributed by atoms with E-state index < -0.39 is 5.97 Å². The van der Waals surface area contributed by atoms with Crippen LogP contribution in [-0.4, -0.2) is 15.6 Å². The molecule has 0 bridgehead atoms. The molecular formula is C12H11NO2. The number of hydrogen-bond donors (Lipinski definition) is 1. The maximum absolute atomic E-state index is 11.1. The fourth-order valence-corrected chi connectivity index (χ4v) is 1.66. The Morgan fingerprint density at radius 1 is 1.20 bits per heavy atom. The molecule has 0 spiro atoms. The number of carboxylic acids is 1. The lowest BCUT2D eigenvalue weighted by molar-refractivity contribution is 0.0697. The lowest BCUT2D eigenvalue weighted by Gasteiger charge is -2.10. The van der Waals surface area contributed by atoms with Crippen LogP contribution in [0.1, 0.15) is 15.9 Å². The minimum absolute atomic E-state index is 0.325. The van der Waals surface area contributed by atoms with Gasteiger partial charge in [0.1, 0.15) is 0 Å². The summed E-state index contributed by atoms with van der Waals surface area (Å²) in [6.07, 6.45) is 3.68. The van der Waals surface area contributed by atoms with Gasteiger partial charge in [0, 0.05) is 12.4 Å². The smallest absolute Gasteiger partial charge is 0.337 e. The summed E-state index contributed by atoms with van der Waals surface area (Å²) < 4.78 is 1.82. The molecule has 1 aromatic carbocycles. The van der Waals surface area contributed by atoms with Gasteiger partial charge in [0.15, 0.2) is 0 Å². The van der Waals surface area contributed by atoms with Crippen LogP contribution in [0.25, 0.3) is 5.69 Å². The van der Waals surface area contributed by atoms with Crippen molar-refractivity contribution in [1.82, 2.24) is 4.57 Å². The molecule has 0 aliphatic heterocycles. The molecule has 1 N–H and O–H groups in total. The minimum Gasteiger partial charge on any atom is -0.478 e. The highest BCUT2D eigenvalue weighted by Gasteiger charge is 2.12. The van der Waals surface area contributed by atoms with Gasteiger partial charge >= 0.3 is 5.97 Å². The molecule has 0 fully saturated rings. The Morgan fingerprint density at radius 3 is 2.47 bits per heavy atom. The first kappa shape index (κ1) is 9.52. The Hall–Kier alpha value is -2.03. The Balaban J connectivity index is 2.68. The molecule has 3 heteroatoms. The largest absolute Gasteiger partial charge is 0.478 e. The molecule has 0 saturated carbocycles. The van der Waals surface area contributed by atoms with Crippen LogP contribution in [0.5, 0.6) is 0 Å². The van der Waals surface area contributed by atoms with Gasteiger partial charge in [-0.3, -0.25) is 0 Å². The van der Waals surface area contributed by atoms with E-state index in [0.29, 0.717) is 5.56 Å². The number of benzene rings is 1. The van der Waals surface area contributed by atoms with Crippen LogP contribution >= 0.6 is 0 Å². The molecule has 0 aliphatic carbocycles. The predicted octanol–water partition coefficient (Wildman–Crippen LogP) is 2.48. The van der Waals surface area contributed by atoms with E-state index in [4.69, 9.17) is 5.11 Å². The van der Waals surface area contributed by atoms with Gasteiger partial charge in [0.2, 0.25) is 0 Å². The predicted molar refractivity (Wildman–Crippen MR) is 57.5 cm³/mol. The van der Waals surface area contributed by atoms with Crippen molar-refractivity contribution >= 4 is 5.97 Å². The second-order valence-corrected chi connectivity index (χ2v) is 3.37. The van der Waals surface area contributed by atoms with Crippen LogP contribution in [0.15, 0.2) is 42.7 Å². The summed E-state index contributed by atoms with van der Waals surface area (Å²) in [6.45, 7) is 1.90. The van der Waals surface area contributed by atoms with Gasteiger partial charge in [0.05, 0.1) is 11.3 Å². The molecular weight excluding hydrogens is 190 g/mol. The molecule has 0 aliphatic rings. The summed E-state index contributed by atoms with van der Waals surface area (Å²) in [5.41, 5.74) is 2.01. The number of nitrogens with zero attached hydrogens (tertiary/aromatic N) is 1. The SMILES string of the molecule is Cc1cccc(C(=O)O)c1-n1cccc1. The van der Waals surface area contributed by atoms with Gasteiger partial charge in [-0.05, 0) is 30.7 Å². The van der Waals surface area contributed by atoms with E-state index in [0.717, 1.165) is 11.3 Å². The van der Waals surface area contributed by atoms with Crippen LogP contribution in [0, 0.1) is 6.92 Å². The lowest BCUT2D eigenvalue weighted by atomic mass is 10.1. The van der Waals surface area contributed by atoms with Crippen LogP contribution in [-0.2, 0) is 0 Å². The normalized spacial score (nSPS) is 10.2. The molecule has 2 aromatic rings. The summed E-state index contributed by atoms with van der Waals surface area (Å²) in [4.78, 5) is 11.1. The number of hydrogen-bond acceptors (Lipinski definition) is 1. The average molecular weight is 201 g/mol. The third kappa shape index (κ3) is 1.64. The van der Waals surface area contributed by atoms with Crippen molar-refractivity contribution in [3.63, 3.8) is 0 Å². The highest BCUT2D eigenvalue weighted by atomic mass is 16.4. The minimum atomic E-state index is -0.901. The molecule has 15 heavy (non-hydrogen) atoms. The van der Waals surface area contributed by atoms with Gasteiger partial charge in [-0.25, -0.2) is 4.79 Å². The number of carboxylic acid groups (broad SMARTS) is 1. The lowest BCUT2D eigenvalue weighted by Crippen LogP contribution is -2.05. The number of aromatic carboxylic acids is 1. The number of aryl methyl sites for hydroxylation is 1. The first-order valence-electron chi connectivity index (χ1n) is 4.66. The summed E-state index contributed by atoms with van der Waals surface area (Å²) >= 11 is 0. The van der Waals surface area contributed by atoms with E-state index in [-0.39, 0.29) is 0 Å². The second-order valence-electron chi connectivity index (χ2n) is 3.37. The van der Waals surface area contributed by atoms with Gasteiger partial charge < -0.3 is 9.67 Å². The van der Waals surface area contributed by atoms with E-state index in [1.807, 2.05) is 42.1 Å². The molecule has 3 nitrogen and oxygen atoms in total. The Labute approximate surface area is 87.6 Å². The van der Waals surface area contributed by atoms with Crippen LogP contribution in [0.3, 0.4) is 0 Å². The molecule has 1 heterocycles. The first-order valence-corrected chi connectivity index (χ1v) is 4.66. The molecule has 1 aromatic heterocycles. The van der Waals surface area contributed by atoms with Crippen molar-refractivity contribution in [2.45, 2.75) is 6.92 Å². The molecule has 0 amide bonds. The zero-order valence-electron chi connectivity index (χ0n) is 8.34. The highest BCUT2D eigenvalue weighted by molar-refractivity contribution is 5.92. The Bertz CT molecular complexity index is 486. The van der Waals surface area contributed by atoms with Crippen molar-refractivity contribution in [2.75, 3.05) is 0 Å². The van der Waals surface area contributed by atoms with Crippen LogP contribution in [0.4, 0.5) is 0 Å². The van der Waals surface area contributed by atoms with Crippen LogP contribution < -0.4 is 0 Å². The van der Waals surface area contributed by atoms with Gasteiger partial charge in [-0.2, -0.15) is 0 Å². The monoisotopic (exact) mass is 201 g/mol. The molecule has 0 atom stereocenters. The van der Waals surface area contributed by atoms with E-state index in [2.05, 4.69) is 0 Å². The number of carbonyl (C=O) groups is 1. The summed E-state index contributed by atoms with van der Waals surface area (Å²) in [6, 6.07) is 9.02. The van der Waals surface area contributed by atoms with Gasteiger partial charge in [-0.1, -0.05) is 12.1 Å². The van der Waals surface area contributed by atoms with Crippen molar-refractivity contribution < 1.29 is 9.90 Å². The van der Waals surface area contributed by atoms with Crippen molar-refractivity contribution in [2.24, 2.45) is 0 Å². The molecule has 0 unspecified atom stereocenters. The molecule has 0 radical (unpaired) electrons. The van der Waals surface area contributed by atoms with Crippen molar-refractivity contribution in [1.29, 1.82) is 0 Å². The van der Waals surface area contributed by atoms with E-state index in [9.17, 15) is 4.79 Å². The number of aromatic nitrogens is 1. The van der Waals surface area contributed by atoms with Crippen molar-refractivity contribution in [3.05, 3.63) is 53.9 Å². The van der Waals surface area contributed by atoms with Gasteiger partial charge in [0.25, 0.3) is 0 Å².